The van der Waals surface area contributed by atoms with Gasteiger partial charge >= 0.3 is 0 Å². The summed E-state index contributed by atoms with van der Waals surface area (Å²) in [5.74, 6) is 0. The molecule has 25 heavy (non-hydrogen) atoms. The third kappa shape index (κ3) is 2.76. The first-order valence-corrected chi connectivity index (χ1v) is 8.68. The summed E-state index contributed by atoms with van der Waals surface area (Å²) in [5, 5.41) is 15.7. The van der Waals surface area contributed by atoms with E-state index in [-0.39, 0.29) is 0 Å². The number of benzene rings is 1. The topological polar surface area (TPSA) is 82.3 Å². The van der Waals surface area contributed by atoms with Gasteiger partial charge in [0.05, 0.1) is 6.54 Å². The van der Waals surface area contributed by atoms with Crippen molar-refractivity contribution in [1.29, 1.82) is 5.26 Å². The van der Waals surface area contributed by atoms with Gasteiger partial charge in [-0.2, -0.15) is 10.4 Å². The summed E-state index contributed by atoms with van der Waals surface area (Å²) in [6.45, 7) is 2.74. The van der Waals surface area contributed by atoms with Gasteiger partial charge in [0.15, 0.2) is 5.65 Å². The highest BCUT2D eigenvalue weighted by Crippen LogP contribution is 2.31. The summed E-state index contributed by atoms with van der Waals surface area (Å²) in [5.41, 5.74) is 4.55. The van der Waals surface area contributed by atoms with Crippen LogP contribution in [0.2, 0.25) is 0 Å². The zero-order valence-corrected chi connectivity index (χ0v) is 14.7. The quantitative estimate of drug-likeness (QED) is 0.553. The number of pyridine rings is 1. The van der Waals surface area contributed by atoms with Gasteiger partial charge in [-0.15, -0.1) is 0 Å². The molecule has 0 aliphatic rings. The second-order valence-corrected chi connectivity index (χ2v) is 6.84. The number of H-pyrrole nitrogens is 1. The van der Waals surface area contributed by atoms with E-state index in [2.05, 4.69) is 44.9 Å². The van der Waals surface area contributed by atoms with Gasteiger partial charge in [0.1, 0.15) is 11.8 Å². The van der Waals surface area contributed by atoms with Crippen molar-refractivity contribution >= 4 is 33.9 Å². The third-order valence-electron chi connectivity index (χ3n) is 4.17. The summed E-state index contributed by atoms with van der Waals surface area (Å²) in [7, 11) is 1.92. The predicted octanol–water partition coefficient (Wildman–Crippen LogP) is 3.37. The van der Waals surface area contributed by atoms with Gasteiger partial charge in [-0.05, 0) is 61.3 Å². The molecule has 0 saturated heterocycles. The van der Waals surface area contributed by atoms with Crippen LogP contribution in [0.25, 0.3) is 21.9 Å². The molecule has 124 valence electrons. The van der Waals surface area contributed by atoms with Crippen LogP contribution in [0.5, 0.6) is 0 Å². The molecule has 0 radical (unpaired) electrons. The van der Waals surface area contributed by atoms with Crippen LogP contribution in [0.4, 0.5) is 0 Å². The lowest BCUT2D eigenvalue weighted by Crippen LogP contribution is -2.04. The molecule has 3 aromatic heterocycles. The molecule has 0 amide bonds. The summed E-state index contributed by atoms with van der Waals surface area (Å²) < 4.78 is 5.05. The van der Waals surface area contributed by atoms with Crippen molar-refractivity contribution in [1.82, 2.24) is 24.5 Å². The molecule has 0 atom stereocenters. The van der Waals surface area contributed by atoms with E-state index < -0.39 is 0 Å². The van der Waals surface area contributed by atoms with Gasteiger partial charge in [-0.25, -0.2) is 4.98 Å². The molecule has 0 aliphatic heterocycles. The van der Waals surface area contributed by atoms with E-state index in [1.807, 2.05) is 30.2 Å². The van der Waals surface area contributed by atoms with Crippen LogP contribution in [0, 0.1) is 18.3 Å². The average molecular weight is 348 g/mol. The summed E-state index contributed by atoms with van der Waals surface area (Å²) in [4.78, 5) is 8.76. The maximum Gasteiger partial charge on any atom is 0.182 e. The molecule has 6 nitrogen and oxygen atoms in total. The van der Waals surface area contributed by atoms with Crippen LogP contribution in [0.3, 0.4) is 0 Å². The molecular formula is C18H16N6S. The minimum absolute atomic E-state index is 0.382. The Morgan fingerprint density at radius 3 is 3.04 bits per heavy atom. The Labute approximate surface area is 149 Å². The fourth-order valence-electron chi connectivity index (χ4n) is 3.06. The lowest BCUT2D eigenvalue weighted by atomic mass is 10.1. The summed E-state index contributed by atoms with van der Waals surface area (Å²) >= 11 is 1.60. The van der Waals surface area contributed by atoms with Gasteiger partial charge in [0.25, 0.3) is 0 Å². The highest BCUT2D eigenvalue weighted by atomic mass is 32.2. The van der Waals surface area contributed by atoms with Crippen LogP contribution >= 0.6 is 11.9 Å². The normalized spacial score (nSPS) is 11.2. The molecule has 2 N–H and O–H groups in total. The molecule has 0 spiro atoms. The van der Waals surface area contributed by atoms with E-state index >= 15 is 0 Å². The first-order chi connectivity index (χ1) is 12.2. The van der Waals surface area contributed by atoms with Gasteiger partial charge in [-0.1, -0.05) is 0 Å². The fourth-order valence-corrected chi connectivity index (χ4v) is 3.81. The van der Waals surface area contributed by atoms with Crippen molar-refractivity contribution < 1.29 is 0 Å². The van der Waals surface area contributed by atoms with Crippen LogP contribution in [0.15, 0.2) is 41.6 Å². The first-order valence-electron chi connectivity index (χ1n) is 7.87. The number of rotatable bonds is 4. The van der Waals surface area contributed by atoms with E-state index in [4.69, 9.17) is 5.26 Å². The number of hydrogen-bond acceptors (Lipinski definition) is 5. The van der Waals surface area contributed by atoms with Crippen molar-refractivity contribution in [3.63, 3.8) is 0 Å². The van der Waals surface area contributed by atoms with Crippen molar-refractivity contribution in [3.8, 4) is 6.07 Å². The fraction of sp³-hybridized carbons (Fsp3) is 0.167. The van der Waals surface area contributed by atoms with Crippen molar-refractivity contribution in [2.24, 2.45) is 0 Å². The standard InChI is InChI=1S/C18H16N6S/c1-11-7-16(25-20-2)15(14-5-6-21-17(11)14)10-24-9-12-3-4-13(8-19)22-18(12)23-24/h3-7,9,20-21H,10H2,1-2H3. The molecule has 0 unspecified atom stereocenters. The van der Waals surface area contributed by atoms with Gasteiger partial charge in [0.2, 0.25) is 0 Å². The maximum atomic E-state index is 8.99. The molecule has 0 bridgehead atoms. The SMILES string of the molecule is CNSc1cc(C)c2[nH]ccc2c1Cn1cc2ccc(C#N)nc2n1. The molecule has 4 aromatic rings. The van der Waals surface area contributed by atoms with Crippen molar-refractivity contribution in [3.05, 3.63) is 53.5 Å². The average Bonchev–Trinajstić information content (AvgIpc) is 3.24. The van der Waals surface area contributed by atoms with Crippen LogP contribution in [-0.4, -0.2) is 26.8 Å². The number of nitrogens with one attached hydrogen (secondary N) is 2. The van der Waals surface area contributed by atoms with E-state index in [0.29, 0.717) is 17.9 Å². The van der Waals surface area contributed by atoms with Crippen molar-refractivity contribution in [2.75, 3.05) is 7.05 Å². The summed E-state index contributed by atoms with van der Waals surface area (Å²) in [6.07, 6.45) is 3.94. The van der Waals surface area contributed by atoms with Crippen LogP contribution < -0.4 is 4.72 Å². The minimum Gasteiger partial charge on any atom is -0.361 e. The zero-order valence-electron chi connectivity index (χ0n) is 13.9. The minimum atomic E-state index is 0.382. The Morgan fingerprint density at radius 1 is 1.36 bits per heavy atom. The van der Waals surface area contributed by atoms with E-state index in [0.717, 1.165) is 10.9 Å². The molecule has 1 aromatic carbocycles. The highest BCUT2D eigenvalue weighted by molar-refractivity contribution is 7.97. The lowest BCUT2D eigenvalue weighted by Gasteiger charge is -2.12. The van der Waals surface area contributed by atoms with Crippen molar-refractivity contribution in [2.45, 2.75) is 18.4 Å². The predicted molar refractivity (Wildman–Crippen MR) is 99.3 cm³/mol. The monoisotopic (exact) mass is 348 g/mol. The lowest BCUT2D eigenvalue weighted by molar-refractivity contribution is 0.689. The number of aromatic amines is 1. The first kappa shape index (κ1) is 15.7. The van der Waals surface area contributed by atoms with E-state index in [1.54, 1.807) is 18.0 Å². The van der Waals surface area contributed by atoms with Gasteiger partial charge in [-0.3, -0.25) is 9.40 Å². The third-order valence-corrected chi connectivity index (χ3v) is 4.96. The summed E-state index contributed by atoms with van der Waals surface area (Å²) in [6, 6.07) is 9.94. The molecule has 0 fully saturated rings. The van der Waals surface area contributed by atoms with Gasteiger partial charge < -0.3 is 4.98 Å². The van der Waals surface area contributed by atoms with Crippen LogP contribution in [-0.2, 0) is 6.54 Å². The Hall–Kier alpha value is -2.82. The Morgan fingerprint density at radius 2 is 2.24 bits per heavy atom. The molecule has 3 heterocycles. The Kier molecular flexibility index (Phi) is 3.92. The number of fused-ring (bicyclic) bond motifs is 2. The van der Waals surface area contributed by atoms with E-state index in [1.165, 1.54) is 21.4 Å². The number of aryl methyl sites for hydroxylation is 1. The number of nitrogens with zero attached hydrogens (tertiary/aromatic N) is 4. The van der Waals surface area contributed by atoms with Crippen LogP contribution in [0.1, 0.15) is 16.8 Å². The van der Waals surface area contributed by atoms with Gasteiger partial charge in [0, 0.05) is 33.6 Å². The van der Waals surface area contributed by atoms with E-state index in [9.17, 15) is 0 Å². The highest BCUT2D eigenvalue weighted by Gasteiger charge is 2.13. The smallest absolute Gasteiger partial charge is 0.182 e. The molecule has 7 heteroatoms. The number of nitriles is 1. The molecule has 4 rings (SSSR count). The Balaban J connectivity index is 1.82. The second-order valence-electron chi connectivity index (χ2n) is 5.79. The Bertz CT molecular complexity index is 1120. The largest absolute Gasteiger partial charge is 0.361 e. The zero-order chi connectivity index (χ0) is 17.4. The maximum absolute atomic E-state index is 8.99. The second kappa shape index (κ2) is 6.24. The number of hydrogen-bond donors (Lipinski definition) is 2. The molecule has 0 saturated carbocycles. The number of aromatic nitrogens is 4. The molecular weight excluding hydrogens is 332 g/mol. The molecule has 0 aliphatic carbocycles.